The molecule has 2 aromatic rings. The number of carbonyl (C=O) groups is 4. The van der Waals surface area contributed by atoms with Crippen LogP contribution >= 0.6 is 22.7 Å². The van der Waals surface area contributed by atoms with Gasteiger partial charge in [0, 0.05) is 9.75 Å². The minimum atomic E-state index is -7.16. The molecule has 2 aliphatic carbocycles. The lowest BCUT2D eigenvalue weighted by molar-refractivity contribution is -0.345. The van der Waals surface area contributed by atoms with E-state index in [1.807, 2.05) is 0 Å². The summed E-state index contributed by atoms with van der Waals surface area (Å²) in [5.74, 6) is -35.8. The fraction of sp³-hybridized carbons (Fsp3) is 0.625. The number of carbonyl (C=O) groups excluding carboxylic acids is 4. The maximum Gasteiger partial charge on any atom is 0.393 e. The van der Waals surface area contributed by atoms with E-state index in [0.717, 1.165) is 12.8 Å². The number of halogens is 8. The number of esters is 2. The summed E-state index contributed by atoms with van der Waals surface area (Å²) in [4.78, 5) is 51.9. The van der Waals surface area contributed by atoms with Gasteiger partial charge in [0.05, 0.1) is 23.3 Å². The number of amides is 2. The van der Waals surface area contributed by atoms with Gasteiger partial charge in [0.1, 0.15) is 10.0 Å². The molecule has 0 aliphatic heterocycles. The number of ether oxygens (including phenoxy) is 2. The third-order valence-corrected chi connectivity index (χ3v) is 10.6. The predicted octanol–water partition coefficient (Wildman–Crippen LogP) is 8.60. The van der Waals surface area contributed by atoms with Crippen LogP contribution in [0.5, 0.6) is 0 Å². The lowest BCUT2D eigenvalue weighted by atomic mass is 9.97. The van der Waals surface area contributed by atoms with Crippen LogP contribution in [0.4, 0.5) is 45.1 Å². The average molecular weight is 761 g/mol. The van der Waals surface area contributed by atoms with E-state index in [-0.39, 0.29) is 12.8 Å². The maximum atomic E-state index is 15.1. The minimum Gasteiger partial charge on any atom is -0.459 e. The monoisotopic (exact) mass is 760 g/mol. The second-order valence-corrected chi connectivity index (χ2v) is 14.9. The Morgan fingerprint density at radius 3 is 1.20 bits per heavy atom. The summed E-state index contributed by atoms with van der Waals surface area (Å²) in [6.45, 7) is 5.83. The van der Waals surface area contributed by atoms with Crippen LogP contribution in [0.3, 0.4) is 0 Å². The van der Waals surface area contributed by atoms with Gasteiger partial charge in [-0.05, 0) is 90.2 Å². The van der Waals surface area contributed by atoms with Gasteiger partial charge in [-0.2, -0.15) is 35.1 Å². The molecule has 0 fully saturated rings. The molecule has 0 saturated heterocycles. The minimum absolute atomic E-state index is 0.236. The van der Waals surface area contributed by atoms with Gasteiger partial charge < -0.3 is 20.1 Å². The van der Waals surface area contributed by atoms with E-state index in [1.54, 1.807) is 0 Å². The molecular weight excluding hydrogens is 724 g/mol. The first-order valence-electron chi connectivity index (χ1n) is 16.0. The van der Waals surface area contributed by atoms with Gasteiger partial charge in [-0.15, -0.1) is 22.7 Å². The van der Waals surface area contributed by atoms with Gasteiger partial charge in [-0.25, -0.2) is 9.59 Å². The predicted molar refractivity (Wildman–Crippen MR) is 169 cm³/mol. The zero-order chi connectivity index (χ0) is 37.4. The lowest BCUT2D eigenvalue weighted by Gasteiger charge is -2.35. The molecule has 0 radical (unpaired) electrons. The van der Waals surface area contributed by atoms with Gasteiger partial charge in [0.25, 0.3) is 0 Å². The number of nitrogens with one attached hydrogen (secondary N) is 2. The van der Waals surface area contributed by atoms with Crippen LogP contribution in [0.1, 0.15) is 108 Å². The molecule has 50 heavy (non-hydrogen) atoms. The molecular formula is C32H36F8N2O6S2. The number of fused-ring (bicyclic) bond motifs is 2. The van der Waals surface area contributed by atoms with Crippen molar-refractivity contribution in [2.24, 2.45) is 0 Å². The fourth-order valence-corrected chi connectivity index (χ4v) is 8.23. The van der Waals surface area contributed by atoms with Crippen molar-refractivity contribution in [1.29, 1.82) is 0 Å². The highest BCUT2D eigenvalue weighted by Gasteiger charge is 2.84. The van der Waals surface area contributed by atoms with Crippen LogP contribution in [0.25, 0.3) is 0 Å². The van der Waals surface area contributed by atoms with Gasteiger partial charge in [0.15, 0.2) is 0 Å². The highest BCUT2D eigenvalue weighted by atomic mass is 32.1. The van der Waals surface area contributed by atoms with Crippen molar-refractivity contribution in [3.8, 4) is 0 Å². The first-order valence-corrected chi connectivity index (χ1v) is 17.6. The van der Waals surface area contributed by atoms with Crippen LogP contribution in [0.2, 0.25) is 0 Å². The van der Waals surface area contributed by atoms with Crippen molar-refractivity contribution < 1.29 is 63.8 Å². The first-order chi connectivity index (χ1) is 23.1. The van der Waals surface area contributed by atoms with Crippen molar-refractivity contribution >= 4 is 56.4 Å². The summed E-state index contributed by atoms with van der Waals surface area (Å²) in [6.07, 6.45) is 3.44. The highest BCUT2D eigenvalue weighted by Crippen LogP contribution is 2.54. The summed E-state index contributed by atoms with van der Waals surface area (Å²) >= 11 is 1.15. The van der Waals surface area contributed by atoms with E-state index >= 15 is 35.1 Å². The maximum absolute atomic E-state index is 15.1. The van der Waals surface area contributed by atoms with Crippen LogP contribution < -0.4 is 10.6 Å². The molecule has 4 rings (SSSR count). The Morgan fingerprint density at radius 1 is 0.560 bits per heavy atom. The number of anilines is 2. The third kappa shape index (κ3) is 7.37. The Balaban J connectivity index is 1.64. The van der Waals surface area contributed by atoms with Crippen LogP contribution in [0.15, 0.2) is 0 Å². The molecule has 2 N–H and O–H groups in total. The standard InChI is InChI=1S/C32H36F8N2O6S2/c1-15(2)47-25(43)21-17-11-7-5-9-13-19(17)49-23(21)41-27(45)29(33,34)31(37,38)32(39,40)30(35,36)28(46)42-24-22(26(44)48-16(3)4)18-12-8-6-10-14-20(18)50-24/h15-16H,5-14H2,1-4H3,(H,41,45)(H,42,46). The number of thiophene rings is 2. The largest absolute Gasteiger partial charge is 0.459 e. The van der Waals surface area contributed by atoms with Gasteiger partial charge in [-0.1, -0.05) is 12.8 Å². The van der Waals surface area contributed by atoms with E-state index in [2.05, 4.69) is 0 Å². The van der Waals surface area contributed by atoms with E-state index in [1.165, 1.54) is 38.3 Å². The molecule has 2 amide bonds. The molecule has 18 heteroatoms. The molecule has 278 valence electrons. The fourth-order valence-electron chi connectivity index (χ4n) is 5.68. The average Bonchev–Trinajstić information content (AvgIpc) is 3.29. The number of rotatable bonds is 11. The normalized spacial score (nSPS) is 15.9. The third-order valence-electron chi connectivity index (χ3n) is 8.14. The summed E-state index contributed by atoms with van der Waals surface area (Å²) in [7, 11) is 0. The second kappa shape index (κ2) is 14.8. The molecule has 0 bridgehead atoms. The SMILES string of the molecule is CC(C)OC(=O)c1c(NC(=O)C(F)(F)C(F)(F)C(F)(F)C(F)(F)C(=O)Nc2sc3c(c2C(=O)OC(C)C)CCCCC3)sc2c1CCCCC2. The van der Waals surface area contributed by atoms with Crippen LogP contribution in [0, 0.1) is 0 Å². The van der Waals surface area contributed by atoms with E-state index < -0.39 is 80.8 Å². The molecule has 2 aliphatic rings. The van der Waals surface area contributed by atoms with Crippen molar-refractivity contribution in [1.82, 2.24) is 0 Å². The quantitative estimate of drug-likeness (QED) is 0.135. The van der Waals surface area contributed by atoms with Crippen LogP contribution in [-0.2, 0) is 44.7 Å². The van der Waals surface area contributed by atoms with Crippen molar-refractivity contribution in [2.75, 3.05) is 10.6 Å². The Labute approximate surface area is 290 Å². The van der Waals surface area contributed by atoms with Gasteiger partial charge >= 0.3 is 47.4 Å². The van der Waals surface area contributed by atoms with Crippen molar-refractivity contribution in [3.63, 3.8) is 0 Å². The van der Waals surface area contributed by atoms with Gasteiger partial charge in [0.2, 0.25) is 0 Å². The first kappa shape index (κ1) is 39.5. The molecule has 8 nitrogen and oxygen atoms in total. The van der Waals surface area contributed by atoms with E-state index in [0.29, 0.717) is 82.1 Å². The van der Waals surface area contributed by atoms with E-state index in [4.69, 9.17) is 9.47 Å². The van der Waals surface area contributed by atoms with Crippen molar-refractivity contribution in [3.05, 3.63) is 32.0 Å². The summed E-state index contributed by atoms with van der Waals surface area (Å²) < 4.78 is 131. The zero-order valence-electron chi connectivity index (χ0n) is 27.5. The number of hydrogen-bond donors (Lipinski definition) is 2. The molecule has 2 heterocycles. The second-order valence-electron chi connectivity index (χ2n) is 12.7. The number of alkyl halides is 8. The van der Waals surface area contributed by atoms with Crippen molar-refractivity contribution in [2.45, 2.75) is 128 Å². The summed E-state index contributed by atoms with van der Waals surface area (Å²) in [5, 5.41) is 1.34. The molecule has 0 atom stereocenters. The number of hydrogen-bond acceptors (Lipinski definition) is 8. The van der Waals surface area contributed by atoms with E-state index in [9.17, 15) is 19.2 Å². The Hall–Kier alpha value is -3.28. The zero-order valence-corrected chi connectivity index (χ0v) is 29.1. The molecule has 0 spiro atoms. The molecule has 0 saturated carbocycles. The highest BCUT2D eigenvalue weighted by molar-refractivity contribution is 7.17. The summed E-state index contributed by atoms with van der Waals surface area (Å²) in [6, 6.07) is 0. The van der Waals surface area contributed by atoms with Crippen LogP contribution in [-0.4, -0.2) is 59.7 Å². The molecule has 0 aromatic carbocycles. The Morgan fingerprint density at radius 2 is 0.880 bits per heavy atom. The lowest BCUT2D eigenvalue weighted by Crippen LogP contribution is -2.67. The smallest absolute Gasteiger partial charge is 0.393 e. The topological polar surface area (TPSA) is 111 Å². The summed E-state index contributed by atoms with van der Waals surface area (Å²) in [5.41, 5.74) is -0.240. The molecule has 0 unspecified atom stereocenters. The molecule has 2 aromatic heterocycles. The Bertz CT molecular complexity index is 1520. The van der Waals surface area contributed by atoms with Gasteiger partial charge in [-0.3, -0.25) is 9.59 Å². The Kier molecular flexibility index (Phi) is 11.7. The number of aryl methyl sites for hydroxylation is 2.